The van der Waals surface area contributed by atoms with E-state index in [4.69, 9.17) is 4.74 Å². The lowest BCUT2D eigenvalue weighted by molar-refractivity contribution is -0.903. The van der Waals surface area contributed by atoms with Crippen LogP contribution >= 0.6 is 0 Å². The molecule has 2 amide bonds. The molecule has 6 heteroatoms. The average Bonchev–Trinajstić information content (AvgIpc) is 2.56. The zero-order valence-electron chi connectivity index (χ0n) is 13.9. The van der Waals surface area contributed by atoms with E-state index < -0.39 is 0 Å². The molecule has 1 heterocycles. The number of rotatable bonds is 5. The first-order chi connectivity index (χ1) is 11.1. The predicted molar refractivity (Wildman–Crippen MR) is 88.6 cm³/mol. The molecule has 1 aliphatic heterocycles. The Bertz CT molecular complexity index is 540. The molecule has 0 aliphatic carbocycles. The molecule has 1 aromatic rings. The van der Waals surface area contributed by atoms with Crippen molar-refractivity contribution in [2.24, 2.45) is 0 Å². The van der Waals surface area contributed by atoms with Gasteiger partial charge in [-0.15, -0.1) is 0 Å². The highest BCUT2D eigenvalue weighted by molar-refractivity contribution is 5.91. The SMILES string of the molecule is CCOC(=O)N1CC[NH+](CCC(=O)Nc2ccccc2C)CC1. The molecule has 0 aromatic heterocycles. The first-order valence-electron chi connectivity index (χ1n) is 8.21. The number of nitrogens with zero attached hydrogens (tertiary/aromatic N) is 1. The third-order valence-electron chi connectivity index (χ3n) is 4.12. The van der Waals surface area contributed by atoms with Crippen LogP contribution in [0.4, 0.5) is 10.5 Å². The monoisotopic (exact) mass is 320 g/mol. The van der Waals surface area contributed by atoms with E-state index in [0.717, 1.165) is 30.9 Å². The standard InChI is InChI=1S/C17H25N3O3/c1-3-23-17(22)20-12-10-19(11-13-20)9-8-16(21)18-15-7-5-4-6-14(15)2/h4-7H,3,8-13H2,1-2H3,(H,18,21)/p+1. The van der Waals surface area contributed by atoms with Crippen LogP contribution in [0.2, 0.25) is 0 Å². The fraction of sp³-hybridized carbons (Fsp3) is 0.529. The molecular formula is C17H26N3O3+. The Balaban J connectivity index is 1.70. The molecule has 1 aromatic carbocycles. The molecule has 1 aliphatic rings. The van der Waals surface area contributed by atoms with Gasteiger partial charge in [0.05, 0.1) is 45.8 Å². The molecule has 1 saturated heterocycles. The van der Waals surface area contributed by atoms with Crippen LogP contribution in [0.1, 0.15) is 18.9 Å². The number of hydrogen-bond donors (Lipinski definition) is 2. The molecule has 2 rings (SSSR count). The van der Waals surface area contributed by atoms with Crippen molar-refractivity contribution in [3.8, 4) is 0 Å². The van der Waals surface area contributed by atoms with Crippen LogP contribution in [0.3, 0.4) is 0 Å². The van der Waals surface area contributed by atoms with Crippen molar-refractivity contribution in [3.05, 3.63) is 29.8 Å². The Morgan fingerprint density at radius 2 is 1.96 bits per heavy atom. The van der Waals surface area contributed by atoms with Crippen LogP contribution in [0.25, 0.3) is 0 Å². The zero-order valence-corrected chi connectivity index (χ0v) is 13.9. The van der Waals surface area contributed by atoms with Crippen LogP contribution in [-0.4, -0.2) is 56.2 Å². The summed E-state index contributed by atoms with van der Waals surface area (Å²) in [7, 11) is 0. The summed E-state index contributed by atoms with van der Waals surface area (Å²) in [5, 5.41) is 2.96. The van der Waals surface area contributed by atoms with Gasteiger partial charge in [-0.1, -0.05) is 18.2 Å². The van der Waals surface area contributed by atoms with Gasteiger partial charge in [-0.05, 0) is 25.5 Å². The molecule has 23 heavy (non-hydrogen) atoms. The van der Waals surface area contributed by atoms with E-state index in [9.17, 15) is 9.59 Å². The molecule has 1 fully saturated rings. The van der Waals surface area contributed by atoms with Gasteiger partial charge in [0.2, 0.25) is 5.91 Å². The summed E-state index contributed by atoms with van der Waals surface area (Å²) in [5.41, 5.74) is 1.94. The Labute approximate surface area is 137 Å². The van der Waals surface area contributed by atoms with Crippen LogP contribution < -0.4 is 10.2 Å². The normalized spacial score (nSPS) is 15.3. The van der Waals surface area contributed by atoms with E-state index in [1.54, 1.807) is 4.90 Å². The number of benzene rings is 1. The number of carbonyl (C=O) groups excluding carboxylic acids is 2. The molecule has 0 spiro atoms. The second-order valence-electron chi connectivity index (χ2n) is 5.80. The quantitative estimate of drug-likeness (QED) is 0.839. The van der Waals surface area contributed by atoms with Crippen molar-refractivity contribution in [3.63, 3.8) is 0 Å². The molecule has 126 valence electrons. The lowest BCUT2D eigenvalue weighted by atomic mass is 10.2. The van der Waals surface area contributed by atoms with Crippen molar-refractivity contribution in [2.45, 2.75) is 20.3 Å². The van der Waals surface area contributed by atoms with Crippen molar-refractivity contribution in [2.75, 3.05) is 44.6 Å². The summed E-state index contributed by atoms with van der Waals surface area (Å²) in [5.74, 6) is 0.0413. The number of para-hydroxylation sites is 1. The minimum atomic E-state index is -0.233. The molecule has 2 N–H and O–H groups in total. The maximum absolute atomic E-state index is 12.1. The average molecular weight is 320 g/mol. The van der Waals surface area contributed by atoms with E-state index in [1.807, 2.05) is 38.1 Å². The Hall–Kier alpha value is -2.08. The summed E-state index contributed by atoms with van der Waals surface area (Å²) in [6.07, 6.45) is 0.257. The van der Waals surface area contributed by atoms with Crippen molar-refractivity contribution in [1.82, 2.24) is 4.90 Å². The van der Waals surface area contributed by atoms with Crippen LogP contribution in [0.15, 0.2) is 24.3 Å². The lowest BCUT2D eigenvalue weighted by Gasteiger charge is -2.31. The zero-order chi connectivity index (χ0) is 16.7. The Kier molecular flexibility index (Phi) is 6.40. The minimum absolute atomic E-state index is 0.0413. The number of quaternary nitrogens is 1. The maximum Gasteiger partial charge on any atom is 0.410 e. The number of piperazine rings is 1. The van der Waals surface area contributed by atoms with Gasteiger partial charge in [-0.2, -0.15) is 0 Å². The smallest absolute Gasteiger partial charge is 0.410 e. The minimum Gasteiger partial charge on any atom is -0.450 e. The predicted octanol–water partition coefficient (Wildman–Crippen LogP) is 0.681. The summed E-state index contributed by atoms with van der Waals surface area (Å²) in [6.45, 7) is 8.08. The second kappa shape index (κ2) is 8.53. The van der Waals surface area contributed by atoms with Gasteiger partial charge in [-0.3, -0.25) is 9.69 Å². The van der Waals surface area contributed by atoms with Crippen molar-refractivity contribution < 1.29 is 19.2 Å². The Morgan fingerprint density at radius 1 is 1.26 bits per heavy atom. The van der Waals surface area contributed by atoms with Gasteiger partial charge in [0, 0.05) is 5.69 Å². The molecule has 0 bridgehead atoms. The summed E-state index contributed by atoms with van der Waals surface area (Å²) >= 11 is 0. The largest absolute Gasteiger partial charge is 0.450 e. The van der Waals surface area contributed by atoms with E-state index in [1.165, 1.54) is 4.90 Å². The third kappa shape index (κ3) is 5.25. The highest BCUT2D eigenvalue weighted by Gasteiger charge is 2.24. The highest BCUT2D eigenvalue weighted by atomic mass is 16.6. The summed E-state index contributed by atoms with van der Waals surface area (Å²) < 4.78 is 5.01. The van der Waals surface area contributed by atoms with E-state index in [2.05, 4.69) is 5.32 Å². The fourth-order valence-corrected chi connectivity index (χ4v) is 2.69. The summed E-state index contributed by atoms with van der Waals surface area (Å²) in [4.78, 5) is 26.8. The van der Waals surface area contributed by atoms with Crippen LogP contribution in [-0.2, 0) is 9.53 Å². The molecular weight excluding hydrogens is 294 g/mol. The first-order valence-corrected chi connectivity index (χ1v) is 8.21. The van der Waals surface area contributed by atoms with E-state index in [-0.39, 0.29) is 12.0 Å². The fourth-order valence-electron chi connectivity index (χ4n) is 2.69. The van der Waals surface area contributed by atoms with Gasteiger partial charge < -0.3 is 15.0 Å². The number of hydrogen-bond acceptors (Lipinski definition) is 3. The van der Waals surface area contributed by atoms with Crippen LogP contribution in [0, 0.1) is 6.92 Å². The topological polar surface area (TPSA) is 63.1 Å². The maximum atomic E-state index is 12.1. The number of aryl methyl sites for hydroxylation is 1. The molecule has 0 atom stereocenters. The highest BCUT2D eigenvalue weighted by Crippen LogP contribution is 2.12. The van der Waals surface area contributed by atoms with Gasteiger partial charge in [0.15, 0.2) is 0 Å². The van der Waals surface area contributed by atoms with Crippen molar-refractivity contribution >= 4 is 17.7 Å². The molecule has 6 nitrogen and oxygen atoms in total. The summed E-state index contributed by atoms with van der Waals surface area (Å²) in [6, 6.07) is 7.77. The number of ether oxygens (including phenoxy) is 1. The first kappa shape index (κ1) is 17.3. The third-order valence-corrected chi connectivity index (χ3v) is 4.12. The van der Waals surface area contributed by atoms with E-state index in [0.29, 0.717) is 26.1 Å². The van der Waals surface area contributed by atoms with Gasteiger partial charge in [0.1, 0.15) is 0 Å². The van der Waals surface area contributed by atoms with Gasteiger partial charge >= 0.3 is 6.09 Å². The van der Waals surface area contributed by atoms with Gasteiger partial charge in [0.25, 0.3) is 0 Å². The van der Waals surface area contributed by atoms with Crippen LogP contribution in [0.5, 0.6) is 0 Å². The van der Waals surface area contributed by atoms with Crippen molar-refractivity contribution in [1.29, 1.82) is 0 Å². The van der Waals surface area contributed by atoms with Gasteiger partial charge in [-0.25, -0.2) is 4.79 Å². The molecule has 0 saturated carbocycles. The number of nitrogens with one attached hydrogen (secondary N) is 2. The lowest BCUT2D eigenvalue weighted by Crippen LogP contribution is -3.15. The molecule has 0 radical (unpaired) electrons. The van der Waals surface area contributed by atoms with E-state index >= 15 is 0 Å². The number of anilines is 1. The number of amides is 2. The second-order valence-corrected chi connectivity index (χ2v) is 5.80. The molecule has 0 unspecified atom stereocenters. The number of carbonyl (C=O) groups is 2. The Morgan fingerprint density at radius 3 is 2.61 bits per heavy atom.